The van der Waals surface area contributed by atoms with Crippen molar-refractivity contribution in [2.45, 2.75) is 44.3 Å². The molecule has 1 rings (SSSR count). The third kappa shape index (κ3) is 2.68. The van der Waals surface area contributed by atoms with E-state index in [0.717, 1.165) is 5.69 Å². The van der Waals surface area contributed by atoms with Gasteiger partial charge in [-0.1, -0.05) is 13.8 Å². The van der Waals surface area contributed by atoms with E-state index in [4.69, 9.17) is 5.73 Å². The van der Waals surface area contributed by atoms with E-state index in [1.54, 1.807) is 0 Å². The van der Waals surface area contributed by atoms with Crippen molar-refractivity contribution in [1.82, 2.24) is 0 Å². The van der Waals surface area contributed by atoms with Gasteiger partial charge >= 0.3 is 0 Å². The predicted molar refractivity (Wildman–Crippen MR) is 65.9 cm³/mol. The van der Waals surface area contributed by atoms with Gasteiger partial charge in [0.25, 0.3) is 0 Å². The van der Waals surface area contributed by atoms with Crippen LogP contribution in [0.3, 0.4) is 0 Å². The molecule has 2 N–H and O–H groups in total. The molecular formula is C12H19NS. The summed E-state index contributed by atoms with van der Waals surface area (Å²) in [5.41, 5.74) is 9.49. The molecule has 0 aliphatic carbocycles. The zero-order valence-electron chi connectivity index (χ0n) is 9.42. The van der Waals surface area contributed by atoms with Crippen LogP contribution in [0.1, 0.15) is 31.4 Å². The van der Waals surface area contributed by atoms with Crippen LogP contribution >= 0.6 is 11.8 Å². The lowest BCUT2D eigenvalue weighted by Crippen LogP contribution is -1.97. The Morgan fingerprint density at radius 3 is 2.43 bits per heavy atom. The summed E-state index contributed by atoms with van der Waals surface area (Å²) >= 11 is 1.87. The Kier molecular flexibility index (Phi) is 3.87. The molecule has 0 aliphatic rings. The molecule has 1 atom stereocenters. The van der Waals surface area contributed by atoms with E-state index in [2.05, 4.69) is 39.8 Å². The van der Waals surface area contributed by atoms with Gasteiger partial charge in [0.15, 0.2) is 0 Å². The van der Waals surface area contributed by atoms with Crippen molar-refractivity contribution >= 4 is 17.4 Å². The molecule has 0 heterocycles. The highest BCUT2D eigenvalue weighted by Crippen LogP contribution is 2.31. The minimum atomic E-state index is 0.638. The minimum Gasteiger partial charge on any atom is -0.398 e. The van der Waals surface area contributed by atoms with E-state index in [9.17, 15) is 0 Å². The SMILES string of the molecule is CCC(C)Sc1cc(C)c(C)cc1N. The fourth-order valence-corrected chi connectivity index (χ4v) is 2.25. The molecule has 1 aromatic rings. The summed E-state index contributed by atoms with van der Waals surface area (Å²) in [5.74, 6) is 0. The number of nitrogen functional groups attached to an aromatic ring is 1. The number of nitrogens with two attached hydrogens (primary N) is 1. The Balaban J connectivity index is 2.92. The van der Waals surface area contributed by atoms with E-state index >= 15 is 0 Å². The molecule has 2 heteroatoms. The van der Waals surface area contributed by atoms with Gasteiger partial charge in [-0.25, -0.2) is 0 Å². The highest BCUT2D eigenvalue weighted by atomic mass is 32.2. The first-order valence-corrected chi connectivity index (χ1v) is 5.96. The summed E-state index contributed by atoms with van der Waals surface area (Å²) < 4.78 is 0. The van der Waals surface area contributed by atoms with Crippen molar-refractivity contribution < 1.29 is 0 Å². The van der Waals surface area contributed by atoms with Crippen LogP contribution in [0.4, 0.5) is 5.69 Å². The van der Waals surface area contributed by atoms with Gasteiger partial charge in [0.1, 0.15) is 0 Å². The minimum absolute atomic E-state index is 0.638. The number of benzene rings is 1. The molecular weight excluding hydrogens is 190 g/mol. The van der Waals surface area contributed by atoms with E-state index in [0.29, 0.717) is 5.25 Å². The maximum Gasteiger partial charge on any atom is 0.0455 e. The molecule has 0 amide bonds. The molecule has 0 saturated carbocycles. The van der Waals surface area contributed by atoms with E-state index < -0.39 is 0 Å². The van der Waals surface area contributed by atoms with Gasteiger partial charge in [0, 0.05) is 15.8 Å². The van der Waals surface area contributed by atoms with Crippen molar-refractivity contribution in [1.29, 1.82) is 0 Å². The predicted octanol–water partition coefficient (Wildman–Crippen LogP) is 3.78. The normalized spacial score (nSPS) is 12.9. The third-order valence-electron chi connectivity index (χ3n) is 2.53. The smallest absolute Gasteiger partial charge is 0.0455 e. The van der Waals surface area contributed by atoms with Crippen LogP contribution < -0.4 is 5.73 Å². The molecule has 1 unspecified atom stereocenters. The first-order valence-electron chi connectivity index (χ1n) is 5.08. The van der Waals surface area contributed by atoms with Crippen molar-refractivity contribution in [2.24, 2.45) is 0 Å². The lowest BCUT2D eigenvalue weighted by molar-refractivity contribution is 0.905. The molecule has 0 aromatic heterocycles. The second kappa shape index (κ2) is 4.74. The molecule has 0 aliphatic heterocycles. The van der Waals surface area contributed by atoms with E-state index in [1.807, 2.05) is 11.8 Å². The van der Waals surface area contributed by atoms with Crippen LogP contribution in [0.15, 0.2) is 17.0 Å². The third-order valence-corrected chi connectivity index (χ3v) is 3.87. The Bertz CT molecular complexity index is 320. The van der Waals surface area contributed by atoms with Crippen molar-refractivity contribution in [3.63, 3.8) is 0 Å². The number of hydrogen-bond donors (Lipinski definition) is 1. The molecule has 1 aromatic carbocycles. The van der Waals surface area contributed by atoms with Crippen LogP contribution in [0.25, 0.3) is 0 Å². The Hall–Kier alpha value is -0.630. The summed E-state index contributed by atoms with van der Waals surface area (Å²) in [5, 5.41) is 0.638. The van der Waals surface area contributed by atoms with Crippen LogP contribution in [0.2, 0.25) is 0 Å². The zero-order chi connectivity index (χ0) is 10.7. The van der Waals surface area contributed by atoms with E-state index in [1.165, 1.54) is 22.4 Å². The monoisotopic (exact) mass is 209 g/mol. The van der Waals surface area contributed by atoms with E-state index in [-0.39, 0.29) is 0 Å². The highest BCUT2D eigenvalue weighted by Gasteiger charge is 2.06. The Morgan fingerprint density at radius 1 is 1.29 bits per heavy atom. The molecule has 0 fully saturated rings. The Morgan fingerprint density at radius 2 is 1.86 bits per heavy atom. The molecule has 0 bridgehead atoms. The lowest BCUT2D eigenvalue weighted by atomic mass is 10.1. The Labute approximate surface area is 91.1 Å². The second-order valence-corrected chi connectivity index (χ2v) is 5.29. The van der Waals surface area contributed by atoms with Gasteiger partial charge in [-0.15, -0.1) is 11.8 Å². The number of hydrogen-bond acceptors (Lipinski definition) is 2. The fourth-order valence-electron chi connectivity index (χ4n) is 1.21. The van der Waals surface area contributed by atoms with Gasteiger partial charge in [-0.2, -0.15) is 0 Å². The number of thioether (sulfide) groups is 1. The first kappa shape index (κ1) is 11.4. The van der Waals surface area contributed by atoms with Gasteiger partial charge in [0.2, 0.25) is 0 Å². The quantitative estimate of drug-likeness (QED) is 0.605. The molecule has 1 nitrogen and oxygen atoms in total. The molecule has 0 radical (unpaired) electrons. The first-order chi connectivity index (χ1) is 6.54. The summed E-state index contributed by atoms with van der Waals surface area (Å²) in [6.07, 6.45) is 1.18. The highest BCUT2D eigenvalue weighted by molar-refractivity contribution is 8.00. The van der Waals surface area contributed by atoms with Crippen molar-refractivity contribution in [3.8, 4) is 0 Å². The van der Waals surface area contributed by atoms with Crippen molar-refractivity contribution in [3.05, 3.63) is 23.3 Å². The van der Waals surface area contributed by atoms with Crippen LogP contribution in [-0.2, 0) is 0 Å². The van der Waals surface area contributed by atoms with Crippen LogP contribution in [-0.4, -0.2) is 5.25 Å². The van der Waals surface area contributed by atoms with Gasteiger partial charge in [-0.05, 0) is 43.5 Å². The second-order valence-electron chi connectivity index (χ2n) is 3.81. The van der Waals surface area contributed by atoms with Gasteiger partial charge < -0.3 is 5.73 Å². The summed E-state index contributed by atoms with van der Waals surface area (Å²) in [6.45, 7) is 8.67. The van der Waals surface area contributed by atoms with Crippen molar-refractivity contribution in [2.75, 3.05) is 5.73 Å². The number of rotatable bonds is 3. The summed E-state index contributed by atoms with van der Waals surface area (Å²) in [6, 6.07) is 4.27. The average Bonchev–Trinajstić information content (AvgIpc) is 2.14. The maximum absolute atomic E-state index is 5.97. The summed E-state index contributed by atoms with van der Waals surface area (Å²) in [7, 11) is 0. The molecule has 0 saturated heterocycles. The fraction of sp³-hybridized carbons (Fsp3) is 0.500. The van der Waals surface area contributed by atoms with Gasteiger partial charge in [0.05, 0.1) is 0 Å². The maximum atomic E-state index is 5.97. The lowest BCUT2D eigenvalue weighted by Gasteiger charge is -2.12. The summed E-state index contributed by atoms with van der Waals surface area (Å²) in [4.78, 5) is 1.22. The number of anilines is 1. The topological polar surface area (TPSA) is 26.0 Å². The van der Waals surface area contributed by atoms with Crippen LogP contribution in [0.5, 0.6) is 0 Å². The standard InChI is InChI=1S/C12H19NS/c1-5-10(4)14-12-7-9(3)8(2)6-11(12)13/h6-7,10H,5,13H2,1-4H3. The largest absolute Gasteiger partial charge is 0.398 e. The number of aryl methyl sites for hydroxylation is 2. The van der Waals surface area contributed by atoms with Gasteiger partial charge in [-0.3, -0.25) is 0 Å². The molecule has 0 spiro atoms. The molecule has 78 valence electrons. The average molecular weight is 209 g/mol. The zero-order valence-corrected chi connectivity index (χ0v) is 10.2. The van der Waals surface area contributed by atoms with Crippen LogP contribution in [0, 0.1) is 13.8 Å². The molecule has 14 heavy (non-hydrogen) atoms.